The summed E-state index contributed by atoms with van der Waals surface area (Å²) in [7, 11) is 0. The molecule has 0 heterocycles. The minimum absolute atomic E-state index is 0.0323. The Morgan fingerprint density at radius 1 is 1.19 bits per heavy atom. The van der Waals surface area contributed by atoms with E-state index < -0.39 is 0 Å². The highest BCUT2D eigenvalue weighted by molar-refractivity contribution is 5.56. The summed E-state index contributed by atoms with van der Waals surface area (Å²) in [5, 5.41) is 19.6. The van der Waals surface area contributed by atoms with Gasteiger partial charge in [-0.1, -0.05) is 0 Å². The lowest BCUT2D eigenvalue weighted by Crippen LogP contribution is -2.35. The van der Waals surface area contributed by atoms with Crippen molar-refractivity contribution in [2.24, 2.45) is 5.73 Å². The summed E-state index contributed by atoms with van der Waals surface area (Å²) >= 11 is 0. The van der Waals surface area contributed by atoms with Gasteiger partial charge < -0.3 is 15.9 Å². The van der Waals surface area contributed by atoms with Gasteiger partial charge in [0.05, 0.1) is 0 Å². The quantitative estimate of drug-likeness (QED) is 0.583. The number of aryl methyl sites for hydroxylation is 1. The van der Waals surface area contributed by atoms with Crippen LogP contribution in [-0.4, -0.2) is 16.3 Å². The normalized spacial score (nSPS) is 27.6. The lowest BCUT2D eigenvalue weighted by molar-refractivity contribution is 0.374. The molecule has 0 unspecified atom stereocenters. The molecule has 1 aromatic rings. The highest BCUT2D eigenvalue weighted by Gasteiger charge is 2.33. The summed E-state index contributed by atoms with van der Waals surface area (Å²) in [5.74, 6) is 0.501. The van der Waals surface area contributed by atoms with Crippen molar-refractivity contribution < 1.29 is 10.2 Å². The van der Waals surface area contributed by atoms with E-state index in [1.807, 2.05) is 0 Å². The summed E-state index contributed by atoms with van der Waals surface area (Å²) in [6, 6.07) is 1.94. The minimum atomic E-state index is 0.0323. The number of nitrogens with two attached hydrogens (primary N) is 1. The molecule has 0 aliphatic heterocycles. The van der Waals surface area contributed by atoms with E-state index in [9.17, 15) is 10.2 Å². The van der Waals surface area contributed by atoms with Crippen molar-refractivity contribution in [3.63, 3.8) is 0 Å². The first kappa shape index (κ1) is 9.97. The van der Waals surface area contributed by atoms with E-state index >= 15 is 0 Å². The molecule has 0 bridgehead atoms. The number of phenolic OH excluding ortho intramolecular Hbond substituents is 2. The Balaban J connectivity index is 2.24. The topological polar surface area (TPSA) is 66.5 Å². The fourth-order valence-electron chi connectivity index (χ4n) is 3.30. The van der Waals surface area contributed by atoms with Gasteiger partial charge in [0.25, 0.3) is 0 Å². The fourth-order valence-corrected chi connectivity index (χ4v) is 3.30. The first-order valence-electron chi connectivity index (χ1n) is 6.00. The van der Waals surface area contributed by atoms with Gasteiger partial charge in [0.2, 0.25) is 0 Å². The van der Waals surface area contributed by atoms with Crippen LogP contribution < -0.4 is 5.73 Å². The van der Waals surface area contributed by atoms with Crippen molar-refractivity contribution in [2.45, 2.75) is 44.1 Å². The summed E-state index contributed by atoms with van der Waals surface area (Å²) in [6.07, 6.45) is 4.95. The van der Waals surface area contributed by atoms with E-state index in [-0.39, 0.29) is 17.5 Å². The van der Waals surface area contributed by atoms with Crippen LogP contribution in [0.25, 0.3) is 0 Å². The summed E-state index contributed by atoms with van der Waals surface area (Å²) in [4.78, 5) is 0. The van der Waals surface area contributed by atoms with E-state index in [1.165, 1.54) is 11.1 Å². The van der Waals surface area contributed by atoms with Crippen LogP contribution in [0.4, 0.5) is 0 Å². The molecule has 0 radical (unpaired) electrons. The summed E-state index contributed by atoms with van der Waals surface area (Å²) in [5.41, 5.74) is 9.52. The Kier molecular flexibility index (Phi) is 2.11. The average molecular weight is 219 g/mol. The molecule has 2 aliphatic rings. The third-order valence-corrected chi connectivity index (χ3v) is 4.09. The number of phenols is 2. The highest BCUT2D eigenvalue weighted by Crippen LogP contribution is 2.46. The first-order valence-corrected chi connectivity index (χ1v) is 6.00. The Morgan fingerprint density at radius 3 is 2.81 bits per heavy atom. The van der Waals surface area contributed by atoms with Crippen LogP contribution in [-0.2, 0) is 12.8 Å². The van der Waals surface area contributed by atoms with Crippen LogP contribution >= 0.6 is 0 Å². The van der Waals surface area contributed by atoms with Crippen LogP contribution in [0, 0.1) is 0 Å². The molecule has 3 heteroatoms. The number of aromatic hydroxyl groups is 2. The predicted molar refractivity (Wildman–Crippen MR) is 61.7 cm³/mol. The first-order chi connectivity index (χ1) is 7.68. The molecule has 3 rings (SSSR count). The Hall–Kier alpha value is -1.22. The van der Waals surface area contributed by atoms with Crippen LogP contribution in [0.15, 0.2) is 6.07 Å². The van der Waals surface area contributed by atoms with Gasteiger partial charge in [-0.05, 0) is 55.2 Å². The molecule has 1 aromatic carbocycles. The molecule has 3 nitrogen and oxygen atoms in total. The second kappa shape index (κ2) is 3.39. The maximum absolute atomic E-state index is 9.90. The standard InChI is InChI=1S/C13H17NO2/c14-10-5-4-7-6-11(15)13(16)9-3-1-2-8(10)12(7)9/h6,8,10,15-16H,1-5,14H2/t8-,10+/m1/s1. The molecule has 0 amide bonds. The molecule has 0 saturated heterocycles. The lowest BCUT2D eigenvalue weighted by atomic mass is 9.71. The second-order valence-corrected chi connectivity index (χ2v) is 5.00. The van der Waals surface area contributed by atoms with Crippen molar-refractivity contribution in [1.82, 2.24) is 0 Å². The maximum atomic E-state index is 9.90. The van der Waals surface area contributed by atoms with Gasteiger partial charge in [-0.3, -0.25) is 0 Å². The van der Waals surface area contributed by atoms with Gasteiger partial charge in [-0.25, -0.2) is 0 Å². The molecular weight excluding hydrogens is 202 g/mol. The minimum Gasteiger partial charge on any atom is -0.504 e. The molecule has 0 spiro atoms. The van der Waals surface area contributed by atoms with Gasteiger partial charge in [0.1, 0.15) is 0 Å². The Labute approximate surface area is 94.9 Å². The van der Waals surface area contributed by atoms with Gasteiger partial charge >= 0.3 is 0 Å². The van der Waals surface area contributed by atoms with Gasteiger partial charge in [-0.2, -0.15) is 0 Å². The number of hydrogen-bond acceptors (Lipinski definition) is 3. The van der Waals surface area contributed by atoms with E-state index in [4.69, 9.17) is 5.73 Å². The molecule has 0 saturated carbocycles. The van der Waals surface area contributed by atoms with Crippen LogP contribution in [0.2, 0.25) is 0 Å². The number of hydrogen-bond donors (Lipinski definition) is 3. The molecule has 86 valence electrons. The molecule has 0 aromatic heterocycles. The third-order valence-electron chi connectivity index (χ3n) is 4.09. The van der Waals surface area contributed by atoms with Crippen LogP contribution in [0.5, 0.6) is 11.5 Å². The smallest absolute Gasteiger partial charge is 0.160 e. The van der Waals surface area contributed by atoms with Gasteiger partial charge in [-0.15, -0.1) is 0 Å². The van der Waals surface area contributed by atoms with Crippen LogP contribution in [0.1, 0.15) is 41.9 Å². The monoisotopic (exact) mass is 219 g/mol. The highest BCUT2D eigenvalue weighted by atomic mass is 16.3. The Bertz CT molecular complexity index is 442. The Morgan fingerprint density at radius 2 is 2.00 bits per heavy atom. The van der Waals surface area contributed by atoms with E-state index in [2.05, 4.69) is 0 Å². The van der Waals surface area contributed by atoms with Crippen molar-refractivity contribution in [1.29, 1.82) is 0 Å². The molecule has 2 atom stereocenters. The van der Waals surface area contributed by atoms with Crippen molar-refractivity contribution in [3.05, 3.63) is 22.8 Å². The molecule has 16 heavy (non-hydrogen) atoms. The zero-order chi connectivity index (χ0) is 11.3. The molecule has 0 fully saturated rings. The zero-order valence-electron chi connectivity index (χ0n) is 9.24. The SMILES string of the molecule is N[C@H]1CCc2cc(O)c(O)c3c2[C@@H]1CCC3. The molecular formula is C13H17NO2. The summed E-state index contributed by atoms with van der Waals surface area (Å²) < 4.78 is 0. The maximum Gasteiger partial charge on any atom is 0.160 e. The van der Waals surface area contributed by atoms with Gasteiger partial charge in [0, 0.05) is 11.6 Å². The predicted octanol–water partition coefficient (Wildman–Crippen LogP) is 1.79. The third kappa shape index (κ3) is 1.24. The zero-order valence-corrected chi connectivity index (χ0v) is 9.24. The second-order valence-electron chi connectivity index (χ2n) is 5.00. The van der Waals surface area contributed by atoms with Crippen molar-refractivity contribution >= 4 is 0 Å². The fraction of sp³-hybridized carbons (Fsp3) is 0.538. The van der Waals surface area contributed by atoms with Crippen molar-refractivity contribution in [3.8, 4) is 11.5 Å². The number of benzene rings is 1. The molecule has 4 N–H and O–H groups in total. The van der Waals surface area contributed by atoms with E-state index in [0.717, 1.165) is 37.7 Å². The largest absolute Gasteiger partial charge is 0.504 e. The van der Waals surface area contributed by atoms with Crippen LogP contribution in [0.3, 0.4) is 0 Å². The summed E-state index contributed by atoms with van der Waals surface area (Å²) in [6.45, 7) is 0. The average Bonchev–Trinajstić information content (AvgIpc) is 2.30. The van der Waals surface area contributed by atoms with E-state index in [1.54, 1.807) is 6.07 Å². The number of rotatable bonds is 0. The lowest BCUT2D eigenvalue weighted by Gasteiger charge is -2.36. The van der Waals surface area contributed by atoms with E-state index in [0.29, 0.717) is 5.92 Å². The molecule has 2 aliphatic carbocycles. The van der Waals surface area contributed by atoms with Gasteiger partial charge in [0.15, 0.2) is 11.5 Å². The van der Waals surface area contributed by atoms with Crippen molar-refractivity contribution in [2.75, 3.05) is 0 Å².